The third-order valence-corrected chi connectivity index (χ3v) is 5.99. The van der Waals surface area contributed by atoms with Gasteiger partial charge in [-0.25, -0.2) is 4.79 Å². The Labute approximate surface area is 158 Å². The van der Waals surface area contributed by atoms with E-state index in [9.17, 15) is 9.59 Å². The van der Waals surface area contributed by atoms with E-state index in [-0.39, 0.29) is 11.8 Å². The Balaban J connectivity index is 2.09. The molecule has 1 N–H and O–H groups in total. The Morgan fingerprint density at radius 2 is 1.59 bits per heavy atom. The number of ether oxygens (including phenoxy) is 2. The van der Waals surface area contributed by atoms with Gasteiger partial charge in [-0.05, 0) is 28.7 Å². The molecule has 1 atom stereocenters. The van der Waals surface area contributed by atoms with Crippen molar-refractivity contribution in [1.82, 2.24) is 5.32 Å². The van der Waals surface area contributed by atoms with Crippen LogP contribution in [0.4, 0.5) is 0 Å². The lowest BCUT2D eigenvalue weighted by Crippen LogP contribution is -2.67. The summed E-state index contributed by atoms with van der Waals surface area (Å²) in [6.45, 7) is 1.85. The number of methoxy groups -OCH3 is 2. The largest absolute Gasteiger partial charge is 0.467 e. The molecule has 2 bridgehead atoms. The quantitative estimate of drug-likeness (QED) is 0.846. The second-order valence-electron chi connectivity index (χ2n) is 7.44. The van der Waals surface area contributed by atoms with Crippen molar-refractivity contribution < 1.29 is 19.1 Å². The molecule has 0 heterocycles. The number of amides is 1. The molecule has 5 nitrogen and oxygen atoms in total. The third-order valence-electron chi connectivity index (χ3n) is 5.99. The number of hydrogen-bond acceptors (Lipinski definition) is 4. The van der Waals surface area contributed by atoms with Crippen LogP contribution in [0.1, 0.15) is 41.5 Å². The topological polar surface area (TPSA) is 64.6 Å². The Morgan fingerprint density at radius 1 is 1.04 bits per heavy atom. The zero-order valence-corrected chi connectivity index (χ0v) is 15.7. The van der Waals surface area contributed by atoms with Crippen molar-refractivity contribution in [2.75, 3.05) is 20.8 Å². The first kappa shape index (κ1) is 17.7. The van der Waals surface area contributed by atoms with E-state index < -0.39 is 16.9 Å². The van der Waals surface area contributed by atoms with Crippen LogP contribution in [0, 0.1) is 0 Å². The van der Waals surface area contributed by atoms with Gasteiger partial charge in [-0.3, -0.25) is 4.79 Å². The van der Waals surface area contributed by atoms with Crippen molar-refractivity contribution in [1.29, 1.82) is 0 Å². The summed E-state index contributed by atoms with van der Waals surface area (Å²) in [7, 11) is 3.04. The summed E-state index contributed by atoms with van der Waals surface area (Å²) < 4.78 is 10.9. The first-order chi connectivity index (χ1) is 13.0. The van der Waals surface area contributed by atoms with Crippen LogP contribution < -0.4 is 5.32 Å². The van der Waals surface area contributed by atoms with Crippen molar-refractivity contribution >= 4 is 11.9 Å². The molecule has 0 aliphatic heterocycles. The number of rotatable bonds is 4. The SMILES string of the molecule is COCC12CC(NC(C)=O)(C(=O)OC)C(c3ccccc31)c1ccccc12. The number of nitrogens with one attached hydrogen (secondary N) is 1. The van der Waals surface area contributed by atoms with Gasteiger partial charge in [0.1, 0.15) is 5.54 Å². The van der Waals surface area contributed by atoms with Crippen molar-refractivity contribution in [2.24, 2.45) is 0 Å². The molecule has 1 amide bonds. The summed E-state index contributed by atoms with van der Waals surface area (Å²) in [4.78, 5) is 25.3. The van der Waals surface area contributed by atoms with Crippen LogP contribution in [-0.4, -0.2) is 38.2 Å². The molecule has 3 aliphatic rings. The van der Waals surface area contributed by atoms with E-state index in [1.54, 1.807) is 7.11 Å². The van der Waals surface area contributed by atoms with Gasteiger partial charge in [-0.15, -0.1) is 0 Å². The fraction of sp³-hybridized carbons (Fsp3) is 0.364. The maximum atomic E-state index is 13.1. The van der Waals surface area contributed by atoms with Gasteiger partial charge >= 0.3 is 5.97 Å². The molecular weight excluding hydrogens is 342 g/mol. The van der Waals surface area contributed by atoms with E-state index in [1.165, 1.54) is 14.0 Å². The van der Waals surface area contributed by atoms with Gasteiger partial charge < -0.3 is 14.8 Å². The van der Waals surface area contributed by atoms with Gasteiger partial charge in [0, 0.05) is 25.4 Å². The van der Waals surface area contributed by atoms with Gasteiger partial charge in [0.15, 0.2) is 0 Å². The second-order valence-corrected chi connectivity index (χ2v) is 7.44. The maximum absolute atomic E-state index is 13.1. The lowest BCUT2D eigenvalue weighted by Gasteiger charge is -2.57. The highest BCUT2D eigenvalue weighted by Gasteiger charge is 2.63. The molecule has 0 spiro atoms. The summed E-state index contributed by atoms with van der Waals surface area (Å²) in [6.07, 6.45) is 0.402. The normalized spacial score (nSPS) is 27.4. The number of benzene rings is 2. The predicted molar refractivity (Wildman–Crippen MR) is 101 cm³/mol. The highest BCUT2D eigenvalue weighted by molar-refractivity contribution is 5.91. The van der Waals surface area contributed by atoms with E-state index in [1.807, 2.05) is 36.4 Å². The first-order valence-corrected chi connectivity index (χ1v) is 9.05. The monoisotopic (exact) mass is 365 g/mol. The fourth-order valence-electron chi connectivity index (χ4n) is 5.29. The molecule has 2 aromatic rings. The van der Waals surface area contributed by atoms with Crippen LogP contribution >= 0.6 is 0 Å². The standard InChI is InChI=1S/C22H23NO4/c1-14(24)23-22(20(25)27-3)12-21(13-26-2)17-10-6-4-8-15(17)19(22)16-9-5-7-11-18(16)21/h4-11,19H,12-13H2,1-3H3,(H,23,24). The van der Waals surface area contributed by atoms with Gasteiger partial charge in [-0.2, -0.15) is 0 Å². The van der Waals surface area contributed by atoms with Gasteiger partial charge in [0.2, 0.25) is 5.91 Å². The third kappa shape index (κ3) is 2.28. The first-order valence-electron chi connectivity index (χ1n) is 9.05. The zero-order chi connectivity index (χ0) is 19.2. The van der Waals surface area contributed by atoms with Gasteiger partial charge in [-0.1, -0.05) is 48.5 Å². The minimum atomic E-state index is -1.16. The summed E-state index contributed by atoms with van der Waals surface area (Å²) in [5.74, 6) is -0.984. The molecule has 5 rings (SSSR count). The van der Waals surface area contributed by atoms with Crippen molar-refractivity contribution in [3.63, 3.8) is 0 Å². The Kier molecular flexibility index (Phi) is 4.07. The lowest BCUT2D eigenvalue weighted by atomic mass is 9.49. The molecule has 27 heavy (non-hydrogen) atoms. The second kappa shape index (κ2) is 6.20. The number of carbonyl (C=O) groups is 2. The van der Waals surface area contributed by atoms with Crippen molar-refractivity contribution in [3.05, 3.63) is 70.8 Å². The molecule has 3 aliphatic carbocycles. The fourth-order valence-corrected chi connectivity index (χ4v) is 5.29. The lowest BCUT2D eigenvalue weighted by molar-refractivity contribution is -0.154. The minimum absolute atomic E-state index is 0.254. The van der Waals surface area contributed by atoms with Crippen LogP contribution in [0.2, 0.25) is 0 Å². The molecule has 5 heteroatoms. The number of hydrogen-bond donors (Lipinski definition) is 1. The summed E-state index contributed by atoms with van der Waals surface area (Å²) in [6, 6.07) is 16.3. The average molecular weight is 365 g/mol. The molecule has 0 radical (unpaired) electrons. The van der Waals surface area contributed by atoms with Crippen LogP contribution in [0.3, 0.4) is 0 Å². The molecule has 1 unspecified atom stereocenters. The Hall–Kier alpha value is -2.66. The van der Waals surface area contributed by atoms with E-state index in [4.69, 9.17) is 9.47 Å². The van der Waals surface area contributed by atoms with Crippen molar-refractivity contribution in [3.8, 4) is 0 Å². The highest BCUT2D eigenvalue weighted by Crippen LogP contribution is 2.60. The summed E-state index contributed by atoms with van der Waals surface area (Å²) in [5, 5.41) is 2.97. The van der Waals surface area contributed by atoms with Gasteiger partial charge in [0.05, 0.1) is 13.7 Å². The number of fused-ring (bicyclic) bond motifs is 1. The molecule has 0 saturated heterocycles. The van der Waals surface area contributed by atoms with Crippen LogP contribution in [-0.2, 0) is 24.5 Å². The maximum Gasteiger partial charge on any atom is 0.332 e. The summed E-state index contributed by atoms with van der Waals surface area (Å²) in [5.41, 5.74) is 2.69. The number of carbonyl (C=O) groups excluding carboxylic acids is 2. The van der Waals surface area contributed by atoms with Crippen LogP contribution in [0.5, 0.6) is 0 Å². The highest BCUT2D eigenvalue weighted by atomic mass is 16.5. The summed E-state index contributed by atoms with van der Waals surface area (Å²) >= 11 is 0. The molecule has 140 valence electrons. The number of esters is 1. The van der Waals surface area contributed by atoms with Crippen molar-refractivity contribution in [2.45, 2.75) is 30.2 Å². The molecule has 2 aromatic carbocycles. The minimum Gasteiger partial charge on any atom is -0.467 e. The molecule has 0 saturated carbocycles. The Morgan fingerprint density at radius 3 is 2.07 bits per heavy atom. The van der Waals surface area contributed by atoms with E-state index in [2.05, 4.69) is 17.4 Å². The predicted octanol–water partition coefficient (Wildman–Crippen LogP) is 2.52. The molecule has 0 fully saturated rings. The van der Waals surface area contributed by atoms with E-state index in [0.717, 1.165) is 22.3 Å². The van der Waals surface area contributed by atoms with E-state index >= 15 is 0 Å². The molecule has 0 aromatic heterocycles. The Bertz CT molecular complexity index is 875. The van der Waals surface area contributed by atoms with Crippen LogP contribution in [0.25, 0.3) is 0 Å². The van der Waals surface area contributed by atoms with Crippen LogP contribution in [0.15, 0.2) is 48.5 Å². The smallest absolute Gasteiger partial charge is 0.332 e. The zero-order valence-electron chi connectivity index (χ0n) is 15.7. The molecular formula is C22H23NO4. The van der Waals surface area contributed by atoms with E-state index in [0.29, 0.717) is 13.0 Å². The average Bonchev–Trinajstić information content (AvgIpc) is 2.67. The van der Waals surface area contributed by atoms with Gasteiger partial charge in [0.25, 0.3) is 0 Å².